The number of anilines is 1. The number of β-amino-alcohol motifs (C(OH)–C–C–N with tert-alkyl or cyclic N) is 1. The van der Waals surface area contributed by atoms with E-state index < -0.39 is 27.4 Å². The van der Waals surface area contributed by atoms with Crippen LogP contribution in [0.1, 0.15) is 40.5 Å². The van der Waals surface area contributed by atoms with Crippen molar-refractivity contribution < 1.29 is 36.2 Å². The van der Waals surface area contributed by atoms with Crippen molar-refractivity contribution in [3.63, 3.8) is 0 Å². The Morgan fingerprint density at radius 1 is 1.20 bits per heavy atom. The largest absolute Gasteiger partial charge is 0.424 e. The molecule has 1 aromatic carbocycles. The second-order valence-corrected chi connectivity index (χ2v) is 11.8. The van der Waals surface area contributed by atoms with Gasteiger partial charge in [-0.3, -0.25) is 9.10 Å². The van der Waals surface area contributed by atoms with E-state index in [1.165, 1.54) is 30.3 Å². The van der Waals surface area contributed by atoms with Crippen molar-refractivity contribution in [1.82, 2.24) is 19.9 Å². The molecule has 1 saturated heterocycles. The Balaban J connectivity index is 1.57. The molecule has 1 aliphatic rings. The normalized spacial score (nSPS) is 17.6. The summed E-state index contributed by atoms with van der Waals surface area (Å²) in [5, 5.41) is 10.2. The third-order valence-electron chi connectivity index (χ3n) is 6.47. The van der Waals surface area contributed by atoms with Crippen LogP contribution < -0.4 is 9.04 Å². The molecule has 0 saturated carbocycles. The van der Waals surface area contributed by atoms with Crippen LogP contribution in [0.25, 0.3) is 0 Å². The molecule has 0 bridgehead atoms. The Hall–Kier alpha value is -3.78. The molecule has 10 nitrogen and oxygen atoms in total. The third-order valence-corrected chi connectivity index (χ3v) is 7.64. The zero-order chi connectivity index (χ0) is 29.3. The highest BCUT2D eigenvalue weighted by atomic mass is 32.2. The number of halogens is 3. The van der Waals surface area contributed by atoms with E-state index in [2.05, 4.69) is 15.0 Å². The average molecular weight is 580 g/mol. The first-order chi connectivity index (χ1) is 18.6. The van der Waals surface area contributed by atoms with Gasteiger partial charge in [0.15, 0.2) is 0 Å². The molecule has 1 atom stereocenters. The molecule has 0 radical (unpaired) electrons. The average Bonchev–Trinajstić information content (AvgIpc) is 3.25. The Bertz CT molecular complexity index is 1510. The summed E-state index contributed by atoms with van der Waals surface area (Å²) in [6.45, 7) is 2.22. The van der Waals surface area contributed by atoms with E-state index >= 15 is 0 Å². The first kappa shape index (κ1) is 29.2. The molecule has 1 aliphatic heterocycles. The van der Waals surface area contributed by atoms with Crippen molar-refractivity contribution in [2.45, 2.75) is 38.0 Å². The predicted molar refractivity (Wildman–Crippen MR) is 140 cm³/mol. The highest BCUT2D eigenvalue weighted by molar-refractivity contribution is 7.92. The molecule has 3 heterocycles. The lowest BCUT2D eigenvalue weighted by atomic mass is 10.1. The van der Waals surface area contributed by atoms with E-state index in [1.807, 2.05) is 0 Å². The van der Waals surface area contributed by atoms with Gasteiger partial charge >= 0.3 is 12.2 Å². The van der Waals surface area contributed by atoms with Gasteiger partial charge in [0, 0.05) is 38.1 Å². The number of carbonyl (C=O) groups is 1. The number of likely N-dealkylation sites (tertiary alicyclic amines) is 1. The molecular formula is C26H28F3N5O5S. The number of aromatic nitrogens is 3. The van der Waals surface area contributed by atoms with Gasteiger partial charge in [0.1, 0.15) is 11.6 Å². The third kappa shape index (κ3) is 6.86. The van der Waals surface area contributed by atoms with Gasteiger partial charge in [-0.2, -0.15) is 18.2 Å². The number of hydrogen-bond acceptors (Lipinski definition) is 8. The standard InChI is InChI=1S/C26H28F3N5O5S/c1-25(36)11-13-34(16-25)23(35)18-6-4-8-19(14-18)39-24-31-15-20(26(27,28)29)21(32-24)10-9-17-7-5-12-30-22(17)33(2)40(3,37)38/h4-8,12,14-15,36H,9-11,13,16H2,1-3H3. The lowest BCUT2D eigenvalue weighted by Gasteiger charge is -2.19. The molecular weight excluding hydrogens is 551 g/mol. The fraction of sp³-hybridized carbons (Fsp3) is 0.385. The number of sulfonamides is 1. The fourth-order valence-corrected chi connectivity index (χ4v) is 4.77. The maximum atomic E-state index is 13.8. The maximum Gasteiger partial charge on any atom is 0.419 e. The monoisotopic (exact) mass is 579 g/mol. The molecule has 40 heavy (non-hydrogen) atoms. The lowest BCUT2D eigenvalue weighted by molar-refractivity contribution is -0.138. The molecule has 1 fully saturated rings. The summed E-state index contributed by atoms with van der Waals surface area (Å²) in [6, 6.07) is 8.87. The number of benzene rings is 1. The van der Waals surface area contributed by atoms with Crippen LogP contribution in [-0.2, 0) is 29.0 Å². The number of aliphatic hydroxyl groups is 1. The van der Waals surface area contributed by atoms with Gasteiger partial charge < -0.3 is 14.7 Å². The Morgan fingerprint density at radius 2 is 1.95 bits per heavy atom. The van der Waals surface area contributed by atoms with Crippen molar-refractivity contribution in [2.75, 3.05) is 30.7 Å². The molecule has 1 N–H and O–H groups in total. The van der Waals surface area contributed by atoms with E-state index in [0.717, 1.165) is 10.6 Å². The summed E-state index contributed by atoms with van der Waals surface area (Å²) in [5.74, 6) is -0.0690. The van der Waals surface area contributed by atoms with Crippen LogP contribution >= 0.6 is 0 Å². The van der Waals surface area contributed by atoms with E-state index in [0.29, 0.717) is 24.7 Å². The van der Waals surface area contributed by atoms with Crippen LogP contribution in [0.3, 0.4) is 0 Å². The Labute approximate surface area is 229 Å². The maximum absolute atomic E-state index is 13.8. The first-order valence-corrected chi connectivity index (χ1v) is 14.1. The van der Waals surface area contributed by atoms with Crippen molar-refractivity contribution in [3.8, 4) is 11.8 Å². The van der Waals surface area contributed by atoms with E-state index in [1.54, 1.807) is 31.2 Å². The van der Waals surface area contributed by atoms with Gasteiger partial charge in [0.05, 0.1) is 23.1 Å². The van der Waals surface area contributed by atoms with Gasteiger partial charge in [0.2, 0.25) is 10.0 Å². The van der Waals surface area contributed by atoms with Crippen LogP contribution in [0.5, 0.6) is 11.8 Å². The molecule has 0 spiro atoms. The molecule has 1 unspecified atom stereocenters. The first-order valence-electron chi connectivity index (χ1n) is 12.2. The second-order valence-electron chi connectivity index (χ2n) is 9.83. The van der Waals surface area contributed by atoms with Gasteiger partial charge in [0.25, 0.3) is 5.91 Å². The summed E-state index contributed by atoms with van der Waals surface area (Å²) >= 11 is 0. The number of hydrogen-bond donors (Lipinski definition) is 1. The van der Waals surface area contributed by atoms with Crippen LogP contribution in [0.2, 0.25) is 0 Å². The SMILES string of the molecule is CN(c1ncccc1CCc1nc(Oc2cccc(C(=O)N3CCC(C)(O)C3)c2)ncc1C(F)(F)F)S(C)(=O)=O. The molecule has 214 valence electrons. The van der Waals surface area contributed by atoms with Gasteiger partial charge in [-0.15, -0.1) is 0 Å². The minimum absolute atomic E-state index is 0.00612. The van der Waals surface area contributed by atoms with E-state index in [-0.39, 0.29) is 54.1 Å². The number of amides is 1. The van der Waals surface area contributed by atoms with Crippen LogP contribution in [0.4, 0.5) is 19.0 Å². The molecule has 2 aromatic heterocycles. The number of aryl methyl sites for hydroxylation is 2. The summed E-state index contributed by atoms with van der Waals surface area (Å²) in [5.41, 5.74) is -1.67. The molecule has 0 aliphatic carbocycles. The quantitative estimate of drug-likeness (QED) is 0.430. The highest BCUT2D eigenvalue weighted by Crippen LogP contribution is 2.33. The zero-order valence-corrected chi connectivity index (χ0v) is 22.8. The van der Waals surface area contributed by atoms with Gasteiger partial charge in [-0.25, -0.2) is 18.4 Å². The van der Waals surface area contributed by atoms with Crippen molar-refractivity contribution in [2.24, 2.45) is 0 Å². The lowest BCUT2D eigenvalue weighted by Crippen LogP contribution is -2.33. The Morgan fingerprint density at radius 3 is 2.60 bits per heavy atom. The highest BCUT2D eigenvalue weighted by Gasteiger charge is 2.36. The topological polar surface area (TPSA) is 126 Å². The summed E-state index contributed by atoms with van der Waals surface area (Å²) in [6.07, 6.45) is -1.47. The summed E-state index contributed by atoms with van der Waals surface area (Å²) in [7, 11) is -2.34. The molecule has 14 heteroatoms. The predicted octanol–water partition coefficient (Wildman–Crippen LogP) is 3.46. The van der Waals surface area contributed by atoms with Crippen molar-refractivity contribution in [1.29, 1.82) is 0 Å². The number of carbonyl (C=O) groups excluding carboxylic acids is 1. The fourth-order valence-electron chi connectivity index (χ4n) is 4.29. The zero-order valence-electron chi connectivity index (χ0n) is 22.0. The number of alkyl halides is 3. The summed E-state index contributed by atoms with van der Waals surface area (Å²) < 4.78 is 71.9. The van der Waals surface area contributed by atoms with Crippen LogP contribution in [0.15, 0.2) is 48.8 Å². The number of ether oxygens (including phenoxy) is 1. The number of pyridine rings is 1. The Kier molecular flexibility index (Phi) is 8.04. The van der Waals surface area contributed by atoms with Gasteiger partial charge in [-0.1, -0.05) is 12.1 Å². The van der Waals surface area contributed by atoms with Crippen molar-refractivity contribution in [3.05, 3.63) is 71.2 Å². The van der Waals surface area contributed by atoms with Crippen LogP contribution in [0, 0.1) is 0 Å². The van der Waals surface area contributed by atoms with E-state index in [4.69, 9.17) is 4.74 Å². The number of nitrogens with zero attached hydrogens (tertiary/aromatic N) is 5. The number of rotatable bonds is 8. The van der Waals surface area contributed by atoms with Gasteiger partial charge in [-0.05, 0) is 56.0 Å². The second kappa shape index (κ2) is 11.0. The molecule has 4 rings (SSSR count). The molecule has 3 aromatic rings. The van der Waals surface area contributed by atoms with E-state index in [9.17, 15) is 31.5 Å². The molecule has 1 amide bonds. The van der Waals surface area contributed by atoms with Crippen molar-refractivity contribution >= 4 is 21.7 Å². The minimum Gasteiger partial charge on any atom is -0.424 e. The smallest absolute Gasteiger partial charge is 0.419 e. The summed E-state index contributed by atoms with van der Waals surface area (Å²) in [4.78, 5) is 26.2. The van der Waals surface area contributed by atoms with Crippen LogP contribution in [-0.4, -0.2) is 71.3 Å². The minimum atomic E-state index is -4.74.